The number of hydrogen-bond acceptors (Lipinski definition) is 2. The molecule has 1 aliphatic rings. The molecule has 1 aromatic carbocycles. The highest BCUT2D eigenvalue weighted by Gasteiger charge is 2.40. The molecule has 4 heteroatoms. The molecule has 1 saturated heterocycles. The lowest BCUT2D eigenvalue weighted by atomic mass is 9.81. The third-order valence-electron chi connectivity index (χ3n) is 3.89. The van der Waals surface area contributed by atoms with E-state index in [4.69, 9.17) is 0 Å². The minimum absolute atomic E-state index is 0.170. The van der Waals surface area contributed by atoms with Crippen LogP contribution in [0.1, 0.15) is 31.7 Å². The van der Waals surface area contributed by atoms with Crippen LogP contribution < -0.4 is 10.6 Å². The summed E-state index contributed by atoms with van der Waals surface area (Å²) in [5.74, 6) is 0.170. The van der Waals surface area contributed by atoms with Crippen molar-refractivity contribution in [3.63, 3.8) is 0 Å². The molecule has 0 saturated carbocycles. The van der Waals surface area contributed by atoms with Gasteiger partial charge in [0, 0.05) is 15.8 Å². The van der Waals surface area contributed by atoms with E-state index in [2.05, 4.69) is 46.2 Å². The highest BCUT2D eigenvalue weighted by molar-refractivity contribution is 14.1. The second-order valence-electron chi connectivity index (χ2n) is 5.37. The van der Waals surface area contributed by atoms with Gasteiger partial charge in [-0.25, -0.2) is 0 Å². The summed E-state index contributed by atoms with van der Waals surface area (Å²) < 4.78 is 1.19. The van der Waals surface area contributed by atoms with Crippen LogP contribution in [-0.4, -0.2) is 19.0 Å². The van der Waals surface area contributed by atoms with Gasteiger partial charge in [0.25, 0.3) is 0 Å². The topological polar surface area (TPSA) is 41.1 Å². The first-order chi connectivity index (χ1) is 9.07. The van der Waals surface area contributed by atoms with Gasteiger partial charge in [-0.05, 0) is 72.7 Å². The van der Waals surface area contributed by atoms with E-state index >= 15 is 0 Å². The second-order valence-corrected chi connectivity index (χ2v) is 6.62. The van der Waals surface area contributed by atoms with E-state index in [0.717, 1.165) is 43.6 Å². The van der Waals surface area contributed by atoms with Gasteiger partial charge in [0.05, 0.1) is 5.41 Å². The number of amides is 1. The molecular formula is C15H21IN2O. The SMILES string of the molecule is CCCC1(C(=O)Nc2ccc(I)cc2C)CCNC1. The zero-order chi connectivity index (χ0) is 13.9. The number of halogens is 1. The molecule has 1 aromatic rings. The predicted molar refractivity (Wildman–Crippen MR) is 87.4 cm³/mol. The summed E-state index contributed by atoms with van der Waals surface area (Å²) in [6.45, 7) is 5.93. The predicted octanol–water partition coefficient (Wildman–Crippen LogP) is 3.32. The highest BCUT2D eigenvalue weighted by atomic mass is 127. The summed E-state index contributed by atoms with van der Waals surface area (Å²) in [4.78, 5) is 12.6. The van der Waals surface area contributed by atoms with E-state index in [0.29, 0.717) is 0 Å². The molecule has 0 bridgehead atoms. The fourth-order valence-corrected chi connectivity index (χ4v) is 3.41. The highest BCUT2D eigenvalue weighted by Crippen LogP contribution is 2.33. The molecule has 1 amide bonds. The summed E-state index contributed by atoms with van der Waals surface area (Å²) >= 11 is 2.29. The molecule has 1 atom stereocenters. The fourth-order valence-electron chi connectivity index (χ4n) is 2.77. The zero-order valence-electron chi connectivity index (χ0n) is 11.6. The zero-order valence-corrected chi connectivity index (χ0v) is 13.7. The van der Waals surface area contributed by atoms with Crippen LogP contribution in [0, 0.1) is 15.9 Å². The number of carbonyl (C=O) groups excluding carboxylic acids is 1. The third-order valence-corrected chi connectivity index (χ3v) is 4.56. The maximum atomic E-state index is 12.6. The van der Waals surface area contributed by atoms with Crippen molar-refractivity contribution in [3.05, 3.63) is 27.3 Å². The number of nitrogens with one attached hydrogen (secondary N) is 2. The van der Waals surface area contributed by atoms with Gasteiger partial charge in [0.1, 0.15) is 0 Å². The van der Waals surface area contributed by atoms with Gasteiger partial charge in [0.2, 0.25) is 5.91 Å². The molecule has 104 valence electrons. The van der Waals surface area contributed by atoms with Gasteiger partial charge in [-0.1, -0.05) is 13.3 Å². The van der Waals surface area contributed by atoms with Gasteiger partial charge >= 0.3 is 0 Å². The van der Waals surface area contributed by atoms with Crippen molar-refractivity contribution in [1.29, 1.82) is 0 Å². The van der Waals surface area contributed by atoms with E-state index in [-0.39, 0.29) is 11.3 Å². The maximum absolute atomic E-state index is 12.6. The van der Waals surface area contributed by atoms with Crippen molar-refractivity contribution in [2.75, 3.05) is 18.4 Å². The standard InChI is InChI=1S/C15H21IN2O/c1-3-6-15(7-8-17-10-15)14(19)18-13-5-4-12(16)9-11(13)2/h4-5,9,17H,3,6-8,10H2,1-2H3,(H,18,19). The summed E-state index contributed by atoms with van der Waals surface area (Å²) in [5, 5.41) is 6.45. The van der Waals surface area contributed by atoms with Crippen molar-refractivity contribution in [3.8, 4) is 0 Å². The van der Waals surface area contributed by atoms with Crippen molar-refractivity contribution in [2.45, 2.75) is 33.1 Å². The van der Waals surface area contributed by atoms with Gasteiger partial charge in [-0.3, -0.25) is 4.79 Å². The first kappa shape index (κ1) is 14.8. The first-order valence-electron chi connectivity index (χ1n) is 6.86. The molecule has 19 heavy (non-hydrogen) atoms. The lowest BCUT2D eigenvalue weighted by Gasteiger charge is -2.26. The van der Waals surface area contributed by atoms with Crippen LogP contribution in [0.15, 0.2) is 18.2 Å². The van der Waals surface area contributed by atoms with Crippen LogP contribution in [-0.2, 0) is 4.79 Å². The van der Waals surface area contributed by atoms with Gasteiger partial charge in [0.15, 0.2) is 0 Å². The Bertz CT molecular complexity index is 467. The Balaban J connectivity index is 2.15. The fraction of sp³-hybridized carbons (Fsp3) is 0.533. The van der Waals surface area contributed by atoms with Crippen LogP contribution >= 0.6 is 22.6 Å². The minimum Gasteiger partial charge on any atom is -0.325 e. The van der Waals surface area contributed by atoms with Gasteiger partial charge < -0.3 is 10.6 Å². The summed E-state index contributed by atoms with van der Waals surface area (Å²) in [6, 6.07) is 6.12. The number of hydrogen-bond donors (Lipinski definition) is 2. The second kappa shape index (κ2) is 6.22. The lowest BCUT2D eigenvalue weighted by molar-refractivity contribution is -0.125. The largest absolute Gasteiger partial charge is 0.325 e. The van der Waals surface area contributed by atoms with Crippen LogP contribution in [0.4, 0.5) is 5.69 Å². The summed E-state index contributed by atoms with van der Waals surface area (Å²) in [7, 11) is 0. The van der Waals surface area contributed by atoms with E-state index in [1.54, 1.807) is 0 Å². The monoisotopic (exact) mass is 372 g/mol. The number of benzene rings is 1. The van der Waals surface area contributed by atoms with Crippen molar-refractivity contribution >= 4 is 34.2 Å². The average Bonchev–Trinajstić information content (AvgIpc) is 2.83. The molecule has 0 aliphatic carbocycles. The number of aryl methyl sites for hydroxylation is 1. The number of anilines is 1. The molecule has 0 radical (unpaired) electrons. The Morgan fingerprint density at radius 1 is 1.53 bits per heavy atom. The van der Waals surface area contributed by atoms with Crippen LogP contribution in [0.3, 0.4) is 0 Å². The lowest BCUT2D eigenvalue weighted by Crippen LogP contribution is -2.38. The molecule has 1 heterocycles. The average molecular weight is 372 g/mol. The van der Waals surface area contributed by atoms with Gasteiger partial charge in [-0.2, -0.15) is 0 Å². The maximum Gasteiger partial charge on any atom is 0.231 e. The van der Waals surface area contributed by atoms with Crippen molar-refractivity contribution in [2.24, 2.45) is 5.41 Å². The number of carbonyl (C=O) groups is 1. The van der Waals surface area contributed by atoms with Crippen LogP contribution in [0.2, 0.25) is 0 Å². The molecular weight excluding hydrogens is 351 g/mol. The van der Waals surface area contributed by atoms with E-state index in [1.165, 1.54) is 3.57 Å². The molecule has 0 spiro atoms. The Morgan fingerprint density at radius 2 is 2.32 bits per heavy atom. The Labute approximate surface area is 128 Å². The van der Waals surface area contributed by atoms with Gasteiger partial charge in [-0.15, -0.1) is 0 Å². The molecule has 1 unspecified atom stereocenters. The Kier molecular flexibility index (Phi) is 4.84. The van der Waals surface area contributed by atoms with Crippen LogP contribution in [0.25, 0.3) is 0 Å². The third kappa shape index (κ3) is 3.28. The molecule has 2 rings (SSSR count). The van der Waals surface area contributed by atoms with E-state index in [9.17, 15) is 4.79 Å². The minimum atomic E-state index is -0.218. The van der Waals surface area contributed by atoms with Crippen LogP contribution in [0.5, 0.6) is 0 Å². The quantitative estimate of drug-likeness (QED) is 0.797. The normalized spacial score (nSPS) is 22.5. The van der Waals surface area contributed by atoms with Crippen molar-refractivity contribution < 1.29 is 4.79 Å². The summed E-state index contributed by atoms with van der Waals surface area (Å²) in [5.41, 5.74) is 1.84. The van der Waals surface area contributed by atoms with E-state index in [1.807, 2.05) is 19.1 Å². The number of rotatable bonds is 4. The molecule has 3 nitrogen and oxygen atoms in total. The Morgan fingerprint density at radius 3 is 2.89 bits per heavy atom. The molecule has 1 fully saturated rings. The molecule has 2 N–H and O–H groups in total. The van der Waals surface area contributed by atoms with Crippen molar-refractivity contribution in [1.82, 2.24) is 5.32 Å². The smallest absolute Gasteiger partial charge is 0.231 e. The molecule has 1 aliphatic heterocycles. The Hall–Kier alpha value is -0.620. The van der Waals surface area contributed by atoms with E-state index < -0.39 is 0 Å². The molecule has 0 aromatic heterocycles. The first-order valence-corrected chi connectivity index (χ1v) is 7.93. The summed E-state index contributed by atoms with van der Waals surface area (Å²) in [6.07, 6.45) is 2.94.